The SMILES string of the molecule is COc1c(Br)cc(C[C@@]2(NC(=O)N3CCC(n4c(=O)[nH]c5ccccc54)CC3)CC[C@H]3CN(c4ccccc4)CCN3C2=O)cc1Br. The van der Waals surface area contributed by atoms with Crippen LogP contribution in [0.4, 0.5) is 10.5 Å². The van der Waals surface area contributed by atoms with Crippen LogP contribution in [0, 0.1) is 0 Å². The van der Waals surface area contributed by atoms with Crippen molar-refractivity contribution in [2.45, 2.75) is 49.7 Å². The number of aromatic amines is 1. The maximum absolute atomic E-state index is 14.6. The summed E-state index contributed by atoms with van der Waals surface area (Å²) in [6.07, 6.45) is 2.96. The highest BCUT2D eigenvalue weighted by Crippen LogP contribution is 2.38. The Morgan fingerprint density at radius 3 is 2.36 bits per heavy atom. The summed E-state index contributed by atoms with van der Waals surface area (Å²) in [5.74, 6) is 0.647. The first-order chi connectivity index (χ1) is 22.8. The first-order valence-corrected chi connectivity index (χ1v) is 17.7. The fourth-order valence-electron chi connectivity index (χ4n) is 7.67. The van der Waals surface area contributed by atoms with Gasteiger partial charge in [-0.3, -0.25) is 9.36 Å². The minimum absolute atomic E-state index is 0.0105. The molecule has 4 aromatic rings. The van der Waals surface area contributed by atoms with Crippen LogP contribution in [0.3, 0.4) is 0 Å². The zero-order valence-corrected chi connectivity index (χ0v) is 29.4. The molecule has 0 bridgehead atoms. The van der Waals surface area contributed by atoms with Gasteiger partial charge in [-0.05, 0) is 99.5 Å². The lowest BCUT2D eigenvalue weighted by atomic mass is 9.79. The number of urea groups is 1. The van der Waals surface area contributed by atoms with Gasteiger partial charge in [-0.15, -0.1) is 0 Å². The van der Waals surface area contributed by atoms with E-state index in [4.69, 9.17) is 4.74 Å². The number of para-hydroxylation sites is 3. The van der Waals surface area contributed by atoms with Crippen molar-refractivity contribution in [1.29, 1.82) is 0 Å². The monoisotopic (exact) mass is 764 g/mol. The van der Waals surface area contributed by atoms with E-state index in [1.54, 1.807) is 12.0 Å². The standard InChI is InChI=1S/C35H38Br2N6O4/c1-47-31-27(36)19-23(20-28(31)37)21-35(14-11-26-22-41(17-18-42(26)32(35)44)24-7-3-2-4-8-24)39-34(46)40-15-12-25(13-16-40)43-30-10-6-5-9-29(30)38-33(43)45/h2-10,19-20,25-26H,11-18,21-22H2,1H3,(H,38,45)(H,39,46)/t26-,35-/m0/s1. The summed E-state index contributed by atoms with van der Waals surface area (Å²) in [6, 6.07) is 21.8. The second-order valence-electron chi connectivity index (χ2n) is 12.8. The molecular formula is C35H38Br2N6O4. The van der Waals surface area contributed by atoms with E-state index in [0.717, 1.165) is 50.7 Å². The van der Waals surface area contributed by atoms with Gasteiger partial charge in [0.25, 0.3) is 0 Å². The number of piperidine rings is 2. The normalized spacial score (nSPS) is 22.0. The molecule has 2 atom stereocenters. The molecule has 1 aromatic heterocycles. The number of piperazine rings is 1. The minimum Gasteiger partial charge on any atom is -0.494 e. The highest BCUT2D eigenvalue weighted by molar-refractivity contribution is 9.11. The summed E-state index contributed by atoms with van der Waals surface area (Å²) in [5, 5.41) is 3.28. The Morgan fingerprint density at radius 1 is 0.936 bits per heavy atom. The average molecular weight is 767 g/mol. The first-order valence-electron chi connectivity index (χ1n) is 16.2. The first kappa shape index (κ1) is 31.8. The number of nitrogens with zero attached hydrogens (tertiary/aromatic N) is 4. The molecule has 47 heavy (non-hydrogen) atoms. The number of aromatic nitrogens is 2. The zero-order chi connectivity index (χ0) is 32.7. The Morgan fingerprint density at radius 2 is 1.64 bits per heavy atom. The van der Waals surface area contributed by atoms with Gasteiger partial charge in [0.05, 0.1) is 27.1 Å². The van der Waals surface area contributed by atoms with Gasteiger partial charge in [-0.1, -0.05) is 30.3 Å². The van der Waals surface area contributed by atoms with Crippen molar-refractivity contribution in [3.8, 4) is 5.75 Å². The van der Waals surface area contributed by atoms with Crippen LogP contribution >= 0.6 is 31.9 Å². The van der Waals surface area contributed by atoms with Gasteiger partial charge in [-0.2, -0.15) is 0 Å². The summed E-state index contributed by atoms with van der Waals surface area (Å²) in [5.41, 5.74) is 2.55. The molecule has 0 spiro atoms. The number of anilines is 1. The molecule has 7 rings (SSSR count). The van der Waals surface area contributed by atoms with E-state index >= 15 is 0 Å². The molecule has 3 fully saturated rings. The molecule has 246 valence electrons. The van der Waals surface area contributed by atoms with Gasteiger partial charge in [0.15, 0.2) is 0 Å². The van der Waals surface area contributed by atoms with Crippen molar-refractivity contribution in [1.82, 2.24) is 24.7 Å². The van der Waals surface area contributed by atoms with Crippen LogP contribution in [0.2, 0.25) is 0 Å². The maximum atomic E-state index is 14.6. The molecular weight excluding hydrogens is 728 g/mol. The van der Waals surface area contributed by atoms with E-state index in [0.29, 0.717) is 51.1 Å². The van der Waals surface area contributed by atoms with Gasteiger partial charge in [-0.25, -0.2) is 9.59 Å². The lowest BCUT2D eigenvalue weighted by Crippen LogP contribution is -2.70. The Bertz CT molecular complexity index is 1830. The number of H-pyrrole nitrogens is 1. The number of hydrogen-bond donors (Lipinski definition) is 2. The lowest BCUT2D eigenvalue weighted by Gasteiger charge is -2.51. The topological polar surface area (TPSA) is 103 Å². The third-order valence-corrected chi connectivity index (χ3v) is 11.2. The largest absolute Gasteiger partial charge is 0.494 e. The Hall–Kier alpha value is -3.77. The fourth-order valence-corrected chi connectivity index (χ4v) is 9.27. The molecule has 3 saturated heterocycles. The smallest absolute Gasteiger partial charge is 0.326 e. The van der Waals surface area contributed by atoms with E-state index in [9.17, 15) is 14.4 Å². The number of nitrogens with one attached hydrogen (secondary N) is 2. The third kappa shape index (κ3) is 6.06. The molecule has 12 heteroatoms. The van der Waals surface area contributed by atoms with Crippen LogP contribution in [0.1, 0.15) is 37.3 Å². The highest BCUT2D eigenvalue weighted by atomic mass is 79.9. The summed E-state index contributed by atoms with van der Waals surface area (Å²) < 4.78 is 8.90. The van der Waals surface area contributed by atoms with Crippen molar-refractivity contribution >= 4 is 60.5 Å². The Balaban J connectivity index is 1.11. The number of methoxy groups -OCH3 is 1. The second-order valence-corrected chi connectivity index (χ2v) is 14.5. The number of halogens is 2. The van der Waals surface area contributed by atoms with Crippen LogP contribution in [-0.2, 0) is 11.2 Å². The van der Waals surface area contributed by atoms with Crippen LogP contribution in [0.5, 0.6) is 5.75 Å². The third-order valence-electron chi connectivity index (χ3n) is 10.0. The summed E-state index contributed by atoms with van der Waals surface area (Å²) in [6.45, 7) is 3.07. The number of hydrogen-bond acceptors (Lipinski definition) is 5. The Labute approximate surface area is 290 Å². The average Bonchev–Trinajstić information content (AvgIpc) is 3.42. The molecule has 4 heterocycles. The maximum Gasteiger partial charge on any atom is 0.326 e. The molecule has 3 amide bonds. The Kier molecular flexibility index (Phi) is 8.82. The van der Waals surface area contributed by atoms with Gasteiger partial charge in [0.2, 0.25) is 5.91 Å². The number of fused-ring (bicyclic) bond motifs is 2. The van der Waals surface area contributed by atoms with Crippen molar-refractivity contribution in [2.24, 2.45) is 0 Å². The zero-order valence-electron chi connectivity index (χ0n) is 26.3. The number of carbonyl (C=O) groups excluding carboxylic acids is 2. The number of likely N-dealkylation sites (tertiary alicyclic amines) is 1. The van der Waals surface area contributed by atoms with Crippen molar-refractivity contribution in [2.75, 3.05) is 44.7 Å². The van der Waals surface area contributed by atoms with Gasteiger partial charge in [0.1, 0.15) is 11.3 Å². The molecule has 3 aliphatic heterocycles. The number of amides is 3. The summed E-state index contributed by atoms with van der Waals surface area (Å²) in [7, 11) is 1.62. The van der Waals surface area contributed by atoms with Gasteiger partial charge in [0, 0.05) is 56.9 Å². The predicted molar refractivity (Wildman–Crippen MR) is 189 cm³/mol. The molecule has 0 unspecified atom stereocenters. The number of carbonyl (C=O) groups is 2. The lowest BCUT2D eigenvalue weighted by molar-refractivity contribution is -0.145. The summed E-state index contributed by atoms with van der Waals surface area (Å²) in [4.78, 5) is 50.5. The fraction of sp³-hybridized carbons (Fsp3) is 0.400. The van der Waals surface area contributed by atoms with E-state index in [2.05, 4.69) is 59.2 Å². The van der Waals surface area contributed by atoms with E-state index in [1.807, 2.05) is 64.1 Å². The van der Waals surface area contributed by atoms with Crippen molar-refractivity contribution in [3.05, 3.63) is 91.7 Å². The molecule has 3 aliphatic rings. The molecule has 10 nitrogen and oxygen atoms in total. The van der Waals surface area contributed by atoms with E-state index < -0.39 is 5.54 Å². The number of imidazole rings is 1. The van der Waals surface area contributed by atoms with E-state index in [1.165, 1.54) is 0 Å². The van der Waals surface area contributed by atoms with Crippen molar-refractivity contribution in [3.63, 3.8) is 0 Å². The van der Waals surface area contributed by atoms with E-state index in [-0.39, 0.29) is 29.7 Å². The molecule has 2 N–H and O–H groups in total. The molecule has 0 radical (unpaired) electrons. The molecule has 0 aliphatic carbocycles. The van der Waals surface area contributed by atoms with Crippen LogP contribution in [-0.4, -0.2) is 82.7 Å². The highest BCUT2D eigenvalue weighted by Gasteiger charge is 2.50. The molecule has 0 saturated carbocycles. The number of ether oxygens (including phenoxy) is 1. The van der Waals surface area contributed by atoms with Crippen molar-refractivity contribution < 1.29 is 14.3 Å². The minimum atomic E-state index is -1.10. The van der Waals surface area contributed by atoms with Crippen LogP contribution in [0.25, 0.3) is 11.0 Å². The van der Waals surface area contributed by atoms with Crippen LogP contribution in [0.15, 0.2) is 80.5 Å². The summed E-state index contributed by atoms with van der Waals surface area (Å²) >= 11 is 7.23. The number of benzene rings is 3. The quantitative estimate of drug-likeness (QED) is 0.262. The van der Waals surface area contributed by atoms with Crippen LogP contribution < -0.4 is 20.6 Å². The molecule has 3 aromatic carbocycles. The van der Waals surface area contributed by atoms with Gasteiger partial charge < -0.3 is 29.7 Å². The second kappa shape index (κ2) is 13.0. The predicted octanol–water partition coefficient (Wildman–Crippen LogP) is 5.70. The number of rotatable bonds is 6. The van der Waals surface area contributed by atoms with Gasteiger partial charge >= 0.3 is 11.7 Å².